The van der Waals surface area contributed by atoms with Crippen molar-refractivity contribution in [1.29, 1.82) is 0 Å². The van der Waals surface area contributed by atoms with Crippen molar-refractivity contribution >= 4 is 22.5 Å². The molecule has 2 aromatic heterocycles. The maximum absolute atomic E-state index is 11.9. The van der Waals surface area contributed by atoms with Crippen molar-refractivity contribution in [3.8, 4) is 0 Å². The third kappa shape index (κ3) is 3.20. The van der Waals surface area contributed by atoms with Gasteiger partial charge in [-0.25, -0.2) is 4.98 Å². The molecule has 1 amide bonds. The average Bonchev–Trinajstić information content (AvgIpc) is 2.54. The van der Waals surface area contributed by atoms with Crippen LogP contribution in [0.2, 0.25) is 0 Å². The monoisotopic (exact) mass is 292 g/mol. The maximum Gasteiger partial charge on any atom is 0.226 e. The number of hydrogen-bond acceptors (Lipinski definition) is 4. The van der Waals surface area contributed by atoms with E-state index < -0.39 is 0 Å². The summed E-state index contributed by atoms with van der Waals surface area (Å²) in [5.74, 6) is 0.442. The highest BCUT2D eigenvalue weighted by Gasteiger charge is 2.05. The van der Waals surface area contributed by atoms with E-state index in [0.717, 1.165) is 22.0 Å². The van der Waals surface area contributed by atoms with Crippen LogP contribution in [0.4, 0.5) is 5.82 Å². The Balaban J connectivity index is 1.66. The summed E-state index contributed by atoms with van der Waals surface area (Å²) in [6.45, 7) is 0.454. The number of pyridine rings is 2. The fourth-order valence-corrected chi connectivity index (χ4v) is 2.28. The molecule has 22 heavy (non-hydrogen) atoms. The molecule has 0 aliphatic carbocycles. The number of carbonyl (C=O) groups excluding carboxylic acids is 1. The summed E-state index contributed by atoms with van der Waals surface area (Å²) in [6.07, 6.45) is 3.64. The van der Waals surface area contributed by atoms with E-state index in [1.807, 2.05) is 42.5 Å². The Hall–Kier alpha value is -2.95. The second-order valence-electron chi connectivity index (χ2n) is 5.03. The highest BCUT2D eigenvalue weighted by Crippen LogP contribution is 2.19. The largest absolute Gasteiger partial charge is 0.383 e. The molecule has 2 heterocycles. The number of fused-ring (bicyclic) bond motifs is 1. The first kappa shape index (κ1) is 14.0. The van der Waals surface area contributed by atoms with Crippen LogP contribution in [-0.4, -0.2) is 15.9 Å². The maximum atomic E-state index is 11.9. The molecule has 5 heteroatoms. The molecule has 1 aromatic carbocycles. The number of benzene rings is 1. The van der Waals surface area contributed by atoms with Gasteiger partial charge in [0.15, 0.2) is 0 Å². The van der Waals surface area contributed by atoms with Crippen molar-refractivity contribution in [2.24, 2.45) is 0 Å². The van der Waals surface area contributed by atoms with E-state index in [4.69, 9.17) is 5.73 Å². The Bertz CT molecular complexity index is 802. The van der Waals surface area contributed by atoms with Gasteiger partial charge in [0.2, 0.25) is 5.91 Å². The number of nitrogens with two attached hydrogens (primary N) is 1. The molecule has 3 rings (SSSR count). The van der Waals surface area contributed by atoms with E-state index in [0.29, 0.717) is 12.4 Å². The normalized spacial score (nSPS) is 10.5. The summed E-state index contributed by atoms with van der Waals surface area (Å²) in [5, 5.41) is 4.83. The SMILES string of the molecule is Nc1nccc2ccc(CNC(=O)Cc3ccccn3)cc12. The lowest BCUT2D eigenvalue weighted by Gasteiger charge is -2.07. The summed E-state index contributed by atoms with van der Waals surface area (Å²) < 4.78 is 0. The van der Waals surface area contributed by atoms with E-state index in [1.54, 1.807) is 12.4 Å². The number of hydrogen-bond donors (Lipinski definition) is 2. The number of carbonyl (C=O) groups is 1. The zero-order chi connectivity index (χ0) is 15.4. The second kappa shape index (κ2) is 6.22. The molecule has 0 fully saturated rings. The van der Waals surface area contributed by atoms with Crippen molar-refractivity contribution in [2.45, 2.75) is 13.0 Å². The van der Waals surface area contributed by atoms with Crippen molar-refractivity contribution in [2.75, 3.05) is 5.73 Å². The molecule has 0 unspecified atom stereocenters. The summed E-state index contributed by atoms with van der Waals surface area (Å²) in [5.41, 5.74) is 7.62. The molecular weight excluding hydrogens is 276 g/mol. The topological polar surface area (TPSA) is 80.9 Å². The molecule has 5 nitrogen and oxygen atoms in total. The lowest BCUT2D eigenvalue weighted by atomic mass is 10.1. The third-order valence-corrected chi connectivity index (χ3v) is 3.42. The number of nitrogens with one attached hydrogen (secondary N) is 1. The van der Waals surface area contributed by atoms with Gasteiger partial charge >= 0.3 is 0 Å². The minimum Gasteiger partial charge on any atom is -0.383 e. The molecule has 0 saturated heterocycles. The van der Waals surface area contributed by atoms with Crippen molar-refractivity contribution in [1.82, 2.24) is 15.3 Å². The Morgan fingerprint density at radius 2 is 2.00 bits per heavy atom. The Morgan fingerprint density at radius 1 is 1.09 bits per heavy atom. The molecule has 3 N–H and O–H groups in total. The van der Waals surface area contributed by atoms with Gasteiger partial charge in [-0.05, 0) is 35.2 Å². The van der Waals surface area contributed by atoms with Crippen LogP contribution >= 0.6 is 0 Å². The number of amides is 1. The lowest BCUT2D eigenvalue weighted by molar-refractivity contribution is -0.120. The van der Waals surface area contributed by atoms with Gasteiger partial charge in [0.05, 0.1) is 6.42 Å². The fourth-order valence-electron chi connectivity index (χ4n) is 2.28. The predicted octanol–water partition coefficient (Wildman–Crippen LogP) is 2.07. The molecule has 0 bridgehead atoms. The summed E-state index contributed by atoms with van der Waals surface area (Å²) in [4.78, 5) is 20.2. The van der Waals surface area contributed by atoms with Gasteiger partial charge in [-0.2, -0.15) is 0 Å². The van der Waals surface area contributed by atoms with Crippen LogP contribution in [0.25, 0.3) is 10.8 Å². The predicted molar refractivity (Wildman–Crippen MR) is 85.9 cm³/mol. The highest BCUT2D eigenvalue weighted by atomic mass is 16.1. The van der Waals surface area contributed by atoms with E-state index >= 15 is 0 Å². The van der Waals surface area contributed by atoms with Crippen molar-refractivity contribution in [3.63, 3.8) is 0 Å². The molecule has 0 radical (unpaired) electrons. The molecule has 0 spiro atoms. The lowest BCUT2D eigenvalue weighted by Crippen LogP contribution is -2.24. The van der Waals surface area contributed by atoms with Crippen LogP contribution in [0, 0.1) is 0 Å². The first-order chi connectivity index (χ1) is 10.7. The molecule has 0 aliphatic rings. The van der Waals surface area contributed by atoms with E-state index in [1.165, 1.54) is 0 Å². The van der Waals surface area contributed by atoms with Crippen molar-refractivity contribution in [3.05, 3.63) is 66.1 Å². The number of aromatic nitrogens is 2. The zero-order valence-electron chi connectivity index (χ0n) is 12.0. The number of rotatable bonds is 4. The molecular formula is C17H16N4O. The number of nitrogens with zero attached hydrogens (tertiary/aromatic N) is 2. The van der Waals surface area contributed by atoms with Gasteiger partial charge in [-0.1, -0.05) is 18.2 Å². The summed E-state index contributed by atoms with van der Waals surface area (Å²) in [6, 6.07) is 13.4. The number of nitrogen functional groups attached to an aromatic ring is 1. The fraction of sp³-hybridized carbons (Fsp3) is 0.118. The Kier molecular flexibility index (Phi) is 3.96. The smallest absolute Gasteiger partial charge is 0.226 e. The Morgan fingerprint density at radius 3 is 2.82 bits per heavy atom. The van der Waals surface area contributed by atoms with Crippen LogP contribution in [-0.2, 0) is 17.8 Å². The average molecular weight is 292 g/mol. The van der Waals surface area contributed by atoms with Crippen LogP contribution < -0.4 is 11.1 Å². The number of anilines is 1. The first-order valence-electron chi connectivity index (χ1n) is 7.02. The van der Waals surface area contributed by atoms with Gasteiger partial charge < -0.3 is 11.1 Å². The van der Waals surface area contributed by atoms with Gasteiger partial charge in [-0.15, -0.1) is 0 Å². The summed E-state index contributed by atoms with van der Waals surface area (Å²) >= 11 is 0. The van der Waals surface area contributed by atoms with E-state index in [2.05, 4.69) is 15.3 Å². The Labute approximate surface area is 128 Å². The van der Waals surface area contributed by atoms with Crippen LogP contribution in [0.1, 0.15) is 11.3 Å². The minimum atomic E-state index is -0.0574. The first-order valence-corrected chi connectivity index (χ1v) is 7.02. The van der Waals surface area contributed by atoms with Gasteiger partial charge in [0.25, 0.3) is 0 Å². The van der Waals surface area contributed by atoms with Gasteiger partial charge in [0.1, 0.15) is 5.82 Å². The van der Waals surface area contributed by atoms with E-state index in [-0.39, 0.29) is 12.3 Å². The molecule has 0 aliphatic heterocycles. The van der Waals surface area contributed by atoms with Crippen LogP contribution in [0.3, 0.4) is 0 Å². The minimum absolute atomic E-state index is 0.0574. The van der Waals surface area contributed by atoms with Gasteiger partial charge in [-0.3, -0.25) is 9.78 Å². The summed E-state index contributed by atoms with van der Waals surface area (Å²) in [7, 11) is 0. The van der Waals surface area contributed by atoms with Crippen LogP contribution in [0.5, 0.6) is 0 Å². The van der Waals surface area contributed by atoms with Crippen LogP contribution in [0.15, 0.2) is 54.9 Å². The van der Waals surface area contributed by atoms with Crippen molar-refractivity contribution < 1.29 is 4.79 Å². The standard InChI is InChI=1S/C17H16N4O/c18-17-15-9-12(4-5-13(15)6-8-20-17)11-21-16(22)10-14-3-1-2-7-19-14/h1-9H,10-11H2,(H2,18,20)(H,21,22). The molecule has 0 saturated carbocycles. The third-order valence-electron chi connectivity index (χ3n) is 3.42. The van der Waals surface area contributed by atoms with E-state index in [9.17, 15) is 4.79 Å². The molecule has 110 valence electrons. The van der Waals surface area contributed by atoms with Gasteiger partial charge in [0, 0.05) is 30.0 Å². The second-order valence-corrected chi connectivity index (χ2v) is 5.03. The molecule has 3 aromatic rings. The quantitative estimate of drug-likeness (QED) is 0.771. The zero-order valence-corrected chi connectivity index (χ0v) is 12.0. The highest BCUT2D eigenvalue weighted by molar-refractivity contribution is 5.91. The molecule has 0 atom stereocenters.